The molecule has 0 saturated heterocycles. The van der Waals surface area contributed by atoms with E-state index in [0.717, 1.165) is 13.2 Å². The van der Waals surface area contributed by atoms with Crippen molar-refractivity contribution in [2.24, 2.45) is 0 Å². The molecule has 3 nitrogen and oxygen atoms in total. The van der Waals surface area contributed by atoms with Gasteiger partial charge in [0.25, 0.3) is 0 Å². The zero-order chi connectivity index (χ0) is 17.3. The van der Waals surface area contributed by atoms with Crippen LogP contribution in [0.15, 0.2) is 67.2 Å². The van der Waals surface area contributed by atoms with Gasteiger partial charge in [-0.25, -0.2) is 4.79 Å². The van der Waals surface area contributed by atoms with Gasteiger partial charge in [-0.05, 0) is 38.5 Å². The molecule has 0 heterocycles. The molecule has 2 aromatic rings. The van der Waals surface area contributed by atoms with Crippen molar-refractivity contribution >= 4 is 5.94 Å². The number of ether oxygens (including phenoxy) is 2. The molecular formula is C20H26O3. The lowest BCUT2D eigenvalue weighted by Crippen LogP contribution is -2.11. The first-order chi connectivity index (χ1) is 11.2. The summed E-state index contributed by atoms with van der Waals surface area (Å²) in [6.07, 6.45) is -0.0370. The lowest BCUT2D eigenvalue weighted by molar-refractivity contribution is -0.123. The van der Waals surface area contributed by atoms with Crippen LogP contribution in [0.2, 0.25) is 0 Å². The fourth-order valence-corrected chi connectivity index (χ4v) is 1.78. The number of hydrogen-bond acceptors (Lipinski definition) is 3. The molecule has 2 rings (SSSR count). The molecule has 0 aliphatic heterocycles. The van der Waals surface area contributed by atoms with E-state index in [0.29, 0.717) is 0 Å². The van der Waals surface area contributed by atoms with E-state index in [1.54, 1.807) is 0 Å². The maximum atomic E-state index is 8.57. The van der Waals surface area contributed by atoms with Gasteiger partial charge in [0.1, 0.15) is 5.94 Å². The molecule has 3 heteroatoms. The Morgan fingerprint density at radius 2 is 1.17 bits per heavy atom. The Bertz CT molecular complexity index is 474. The highest BCUT2D eigenvalue weighted by Gasteiger charge is 1.94. The van der Waals surface area contributed by atoms with Gasteiger partial charge in [-0.15, -0.1) is 0 Å². The smallest absolute Gasteiger partial charge is 0.154 e. The molecule has 0 aliphatic rings. The molecule has 0 aliphatic carbocycles. The quantitative estimate of drug-likeness (QED) is 0.589. The predicted molar refractivity (Wildman–Crippen MR) is 95.9 cm³/mol. The molecule has 0 aromatic heterocycles. The Morgan fingerprint density at radius 3 is 1.43 bits per heavy atom. The van der Waals surface area contributed by atoms with Crippen molar-refractivity contribution in [3.8, 4) is 11.1 Å². The summed E-state index contributed by atoms with van der Waals surface area (Å²) in [5.74, 6) is 1.25. The summed E-state index contributed by atoms with van der Waals surface area (Å²) >= 11 is 0. The van der Waals surface area contributed by atoms with Crippen LogP contribution in [0.1, 0.15) is 20.8 Å². The third-order valence-corrected chi connectivity index (χ3v) is 2.68. The summed E-state index contributed by atoms with van der Waals surface area (Å²) in [6, 6.07) is 20.8. The molecule has 0 radical (unpaired) electrons. The van der Waals surface area contributed by atoms with Crippen LogP contribution in [-0.4, -0.2) is 25.4 Å². The van der Waals surface area contributed by atoms with Crippen LogP contribution >= 0.6 is 0 Å². The lowest BCUT2D eigenvalue weighted by Gasteiger charge is -2.09. The van der Waals surface area contributed by atoms with Crippen molar-refractivity contribution in [3.05, 3.63) is 67.2 Å². The molecular weight excluding hydrogens is 288 g/mol. The number of rotatable bonds is 5. The van der Waals surface area contributed by atoms with Gasteiger partial charge >= 0.3 is 0 Å². The zero-order valence-corrected chi connectivity index (χ0v) is 14.2. The van der Waals surface area contributed by atoms with Crippen LogP contribution in [0.5, 0.6) is 0 Å². The molecule has 0 unspecified atom stereocenters. The second-order valence-electron chi connectivity index (χ2n) is 4.35. The average molecular weight is 314 g/mol. The molecule has 0 amide bonds. The third kappa shape index (κ3) is 11.1. The van der Waals surface area contributed by atoms with Crippen LogP contribution in [0.25, 0.3) is 11.1 Å². The maximum Gasteiger partial charge on any atom is 0.154 e. The Balaban J connectivity index is 0.000000385. The Kier molecular flexibility index (Phi) is 13.3. The fourth-order valence-electron chi connectivity index (χ4n) is 1.78. The van der Waals surface area contributed by atoms with Crippen molar-refractivity contribution in [3.63, 3.8) is 0 Å². The highest BCUT2D eigenvalue weighted by molar-refractivity contribution is 5.62. The minimum atomic E-state index is -0.0370. The first-order valence-electron chi connectivity index (χ1n) is 7.67. The molecule has 0 spiro atoms. The van der Waals surface area contributed by atoms with Gasteiger partial charge in [0.15, 0.2) is 6.29 Å². The molecule has 0 saturated carbocycles. The van der Waals surface area contributed by atoms with Crippen LogP contribution in [-0.2, 0) is 14.3 Å². The summed E-state index contributed by atoms with van der Waals surface area (Å²) in [5, 5.41) is 0. The van der Waals surface area contributed by atoms with E-state index in [1.807, 2.05) is 32.9 Å². The van der Waals surface area contributed by atoms with Crippen molar-refractivity contribution in [1.82, 2.24) is 0 Å². The maximum absolute atomic E-state index is 8.57. The molecule has 2 aromatic carbocycles. The number of benzene rings is 2. The predicted octanol–water partition coefficient (Wildman–Crippen LogP) is 4.76. The minimum Gasteiger partial charge on any atom is -0.353 e. The molecule has 23 heavy (non-hydrogen) atoms. The van der Waals surface area contributed by atoms with Gasteiger partial charge in [-0.2, -0.15) is 0 Å². The summed E-state index contributed by atoms with van der Waals surface area (Å²) < 4.78 is 10.1. The Morgan fingerprint density at radius 1 is 0.870 bits per heavy atom. The van der Waals surface area contributed by atoms with E-state index in [2.05, 4.69) is 55.1 Å². The Labute approximate surface area is 139 Å². The lowest BCUT2D eigenvalue weighted by atomic mass is 10.1. The van der Waals surface area contributed by atoms with Gasteiger partial charge in [0, 0.05) is 13.2 Å². The molecule has 0 atom stereocenters. The largest absolute Gasteiger partial charge is 0.353 e. The van der Waals surface area contributed by atoms with E-state index in [9.17, 15) is 0 Å². The van der Waals surface area contributed by atoms with Crippen molar-refractivity contribution in [2.45, 2.75) is 27.1 Å². The Hall–Kier alpha value is -2.19. The van der Waals surface area contributed by atoms with Crippen molar-refractivity contribution < 1.29 is 14.3 Å². The number of hydrogen-bond donors (Lipinski definition) is 0. The van der Waals surface area contributed by atoms with E-state index in [4.69, 9.17) is 14.3 Å². The van der Waals surface area contributed by atoms with E-state index in [-0.39, 0.29) is 6.29 Å². The first kappa shape index (κ1) is 20.8. The average Bonchev–Trinajstić information content (AvgIpc) is 2.58. The van der Waals surface area contributed by atoms with Gasteiger partial charge < -0.3 is 9.47 Å². The highest BCUT2D eigenvalue weighted by Crippen LogP contribution is 2.17. The van der Waals surface area contributed by atoms with Gasteiger partial charge in [0.2, 0.25) is 0 Å². The second kappa shape index (κ2) is 14.7. The first-order valence-corrected chi connectivity index (χ1v) is 7.67. The van der Waals surface area contributed by atoms with Crippen LogP contribution < -0.4 is 0 Å². The van der Waals surface area contributed by atoms with Gasteiger partial charge in [-0.3, -0.25) is 0 Å². The minimum absolute atomic E-state index is 0.0370. The van der Waals surface area contributed by atoms with E-state index < -0.39 is 0 Å². The molecule has 0 bridgehead atoms. The molecule has 0 fully saturated rings. The summed E-state index contributed by atoms with van der Waals surface area (Å²) in [4.78, 5) is 8.57. The van der Waals surface area contributed by atoms with Crippen molar-refractivity contribution in [1.29, 1.82) is 0 Å². The topological polar surface area (TPSA) is 35.5 Å². The second-order valence-corrected chi connectivity index (χ2v) is 4.35. The molecule has 124 valence electrons. The third-order valence-electron chi connectivity index (χ3n) is 2.68. The van der Waals surface area contributed by atoms with Crippen molar-refractivity contribution in [2.75, 3.05) is 13.2 Å². The summed E-state index contributed by atoms with van der Waals surface area (Å²) in [6.45, 7) is 9.93. The number of carbonyl (C=O) groups excluding carboxylic acids is 1. The van der Waals surface area contributed by atoms with Crippen LogP contribution in [0.4, 0.5) is 0 Å². The standard InChI is InChI=1S/C12H10.C6H14O2.C2H2O/c1-3-7-11(8-4-1)12-9-5-2-6-10-12;1-4-7-6(3)8-5-2;1-2-3/h1-10H;6H,4-5H2,1-3H3;1H2. The van der Waals surface area contributed by atoms with E-state index >= 15 is 0 Å². The SMILES string of the molecule is C=C=O.CCOC(C)OCC.c1ccc(-c2ccccc2)cc1. The van der Waals surface area contributed by atoms with Crippen LogP contribution in [0, 0.1) is 0 Å². The van der Waals surface area contributed by atoms with Gasteiger partial charge in [0.05, 0.1) is 0 Å². The normalized spacial score (nSPS) is 9.04. The zero-order valence-electron chi connectivity index (χ0n) is 14.2. The summed E-state index contributed by atoms with van der Waals surface area (Å²) in [7, 11) is 0. The van der Waals surface area contributed by atoms with Gasteiger partial charge in [-0.1, -0.05) is 60.7 Å². The summed E-state index contributed by atoms with van der Waals surface area (Å²) in [5.41, 5.74) is 2.55. The monoisotopic (exact) mass is 314 g/mol. The fraction of sp³-hybridized carbons (Fsp3) is 0.300. The highest BCUT2D eigenvalue weighted by atomic mass is 16.7. The molecule has 0 N–H and O–H groups in total. The van der Waals surface area contributed by atoms with E-state index in [1.165, 1.54) is 17.1 Å². The van der Waals surface area contributed by atoms with Crippen LogP contribution in [0.3, 0.4) is 0 Å².